The first-order valence-corrected chi connectivity index (χ1v) is 12.7. The van der Waals surface area contributed by atoms with E-state index in [1.54, 1.807) is 5.57 Å². The smallest absolute Gasteiger partial charge is 0.0758 e. The normalized spacial score (nSPS) is 46.5. The highest BCUT2D eigenvalue weighted by atomic mass is 16.5. The quantitative estimate of drug-likeness (QED) is 0.590. The number of hydrogen-bond donors (Lipinski definition) is 2. The monoisotopic (exact) mass is 418 g/mol. The van der Waals surface area contributed by atoms with E-state index in [1.807, 2.05) is 0 Å². The van der Waals surface area contributed by atoms with Crippen LogP contribution in [0.4, 0.5) is 0 Å². The van der Waals surface area contributed by atoms with Crippen LogP contribution < -0.4 is 11.5 Å². The second kappa shape index (κ2) is 8.84. The van der Waals surface area contributed by atoms with Gasteiger partial charge in [0.05, 0.1) is 18.8 Å². The molecule has 3 saturated carbocycles. The van der Waals surface area contributed by atoms with Gasteiger partial charge in [-0.1, -0.05) is 32.4 Å². The Bertz CT molecular complexity index is 635. The van der Waals surface area contributed by atoms with Crippen molar-refractivity contribution < 1.29 is 9.47 Å². The first-order chi connectivity index (χ1) is 14.3. The molecule has 0 aromatic heterocycles. The standard InChI is InChI=1S/C26H46N2O2/c1-5-13-29-19-8-10-25(3)18(15-19)16-23(30-14-12-27)24-21-7-6-20(17(2)28)26(21,4)11-9-22(24)25/h15,17,19-24H,5-14,16,27-28H2,1-4H3/t17-,19+,20?,21-,22-,23+,24?,25?,26?/m0/s1. The van der Waals surface area contributed by atoms with Gasteiger partial charge in [0.2, 0.25) is 0 Å². The van der Waals surface area contributed by atoms with Gasteiger partial charge in [0.15, 0.2) is 0 Å². The molecule has 0 aliphatic heterocycles. The molecule has 4 unspecified atom stereocenters. The fraction of sp³-hybridized carbons (Fsp3) is 0.923. The molecule has 4 aliphatic carbocycles. The molecule has 0 bridgehead atoms. The minimum atomic E-state index is 0.292. The SMILES string of the molecule is CCCO[C@H]1C=C2C[C@@H](OCCN)C3[C@H](CCC4(C)C([C@H](C)N)CC[C@@H]34)C2(C)CC1. The summed E-state index contributed by atoms with van der Waals surface area (Å²) in [7, 11) is 0. The van der Waals surface area contributed by atoms with Crippen molar-refractivity contribution in [2.75, 3.05) is 19.8 Å². The molecule has 0 aromatic carbocycles. The third-order valence-electron chi connectivity index (χ3n) is 9.76. The minimum absolute atomic E-state index is 0.292. The molecule has 4 nitrogen and oxygen atoms in total. The molecule has 4 N–H and O–H groups in total. The molecule has 4 rings (SSSR count). The fourth-order valence-corrected chi connectivity index (χ4v) is 8.33. The van der Waals surface area contributed by atoms with Gasteiger partial charge < -0.3 is 20.9 Å². The molecule has 4 aliphatic rings. The van der Waals surface area contributed by atoms with Crippen molar-refractivity contribution in [2.45, 2.75) is 97.3 Å². The van der Waals surface area contributed by atoms with E-state index in [-0.39, 0.29) is 0 Å². The molecule has 3 fully saturated rings. The van der Waals surface area contributed by atoms with Crippen LogP contribution in [0.2, 0.25) is 0 Å². The van der Waals surface area contributed by atoms with Gasteiger partial charge in [-0.2, -0.15) is 0 Å². The van der Waals surface area contributed by atoms with E-state index in [2.05, 4.69) is 33.8 Å². The Kier molecular flexibility index (Phi) is 6.71. The highest BCUT2D eigenvalue weighted by Crippen LogP contribution is 2.67. The molecule has 0 radical (unpaired) electrons. The Labute approximate surface area is 184 Å². The summed E-state index contributed by atoms with van der Waals surface area (Å²) >= 11 is 0. The Morgan fingerprint density at radius 2 is 1.87 bits per heavy atom. The summed E-state index contributed by atoms with van der Waals surface area (Å²) in [6.07, 6.45) is 12.9. The number of fused-ring (bicyclic) bond motifs is 5. The van der Waals surface area contributed by atoms with Gasteiger partial charge in [0.1, 0.15) is 0 Å². The van der Waals surface area contributed by atoms with Crippen molar-refractivity contribution in [3.05, 3.63) is 11.6 Å². The fourth-order valence-electron chi connectivity index (χ4n) is 8.33. The topological polar surface area (TPSA) is 70.5 Å². The lowest BCUT2D eigenvalue weighted by Crippen LogP contribution is -2.57. The second-order valence-corrected chi connectivity index (χ2v) is 11.3. The molecule has 0 saturated heterocycles. The van der Waals surface area contributed by atoms with Crippen LogP contribution in [-0.4, -0.2) is 38.0 Å². The summed E-state index contributed by atoms with van der Waals surface area (Å²) < 4.78 is 12.7. The summed E-state index contributed by atoms with van der Waals surface area (Å²) in [5, 5.41) is 0. The van der Waals surface area contributed by atoms with Gasteiger partial charge in [0.25, 0.3) is 0 Å². The molecule has 0 aromatic rings. The number of hydrogen-bond acceptors (Lipinski definition) is 4. The highest BCUT2D eigenvalue weighted by molar-refractivity contribution is 5.27. The predicted octanol–water partition coefficient (Wildman–Crippen LogP) is 4.66. The minimum Gasteiger partial charge on any atom is -0.376 e. The van der Waals surface area contributed by atoms with Crippen LogP contribution in [0, 0.1) is 34.5 Å². The third kappa shape index (κ3) is 3.70. The van der Waals surface area contributed by atoms with Gasteiger partial charge in [-0.05, 0) is 92.8 Å². The molecule has 172 valence electrons. The van der Waals surface area contributed by atoms with Crippen molar-refractivity contribution in [2.24, 2.45) is 46.0 Å². The zero-order chi connectivity index (χ0) is 21.5. The Morgan fingerprint density at radius 3 is 2.57 bits per heavy atom. The van der Waals surface area contributed by atoms with Gasteiger partial charge in [0, 0.05) is 19.2 Å². The molecule has 30 heavy (non-hydrogen) atoms. The Balaban J connectivity index is 1.65. The Hall–Kier alpha value is -0.420. The molecule has 4 heteroatoms. The summed E-state index contributed by atoms with van der Waals surface area (Å²) in [6.45, 7) is 11.7. The largest absolute Gasteiger partial charge is 0.376 e. The van der Waals surface area contributed by atoms with Crippen molar-refractivity contribution in [1.82, 2.24) is 0 Å². The molecule has 0 spiro atoms. The van der Waals surface area contributed by atoms with E-state index in [4.69, 9.17) is 20.9 Å². The van der Waals surface area contributed by atoms with Crippen LogP contribution in [0.5, 0.6) is 0 Å². The molecular weight excluding hydrogens is 372 g/mol. The average Bonchev–Trinajstić information content (AvgIpc) is 3.08. The number of rotatable bonds is 7. The maximum absolute atomic E-state index is 6.52. The summed E-state index contributed by atoms with van der Waals surface area (Å²) in [5.41, 5.74) is 14.7. The van der Waals surface area contributed by atoms with Crippen molar-refractivity contribution in [1.29, 1.82) is 0 Å². The van der Waals surface area contributed by atoms with Crippen LogP contribution in [0.25, 0.3) is 0 Å². The zero-order valence-corrected chi connectivity index (χ0v) is 19.9. The van der Waals surface area contributed by atoms with Gasteiger partial charge >= 0.3 is 0 Å². The first-order valence-electron chi connectivity index (χ1n) is 12.7. The van der Waals surface area contributed by atoms with E-state index >= 15 is 0 Å². The second-order valence-electron chi connectivity index (χ2n) is 11.3. The maximum atomic E-state index is 6.52. The van der Waals surface area contributed by atoms with Crippen LogP contribution in [0.3, 0.4) is 0 Å². The van der Waals surface area contributed by atoms with E-state index in [0.717, 1.165) is 31.3 Å². The van der Waals surface area contributed by atoms with Crippen LogP contribution in [0.15, 0.2) is 11.6 Å². The van der Waals surface area contributed by atoms with Gasteiger partial charge in [-0.3, -0.25) is 0 Å². The van der Waals surface area contributed by atoms with Crippen LogP contribution in [0.1, 0.15) is 79.1 Å². The van der Waals surface area contributed by atoms with Crippen LogP contribution in [-0.2, 0) is 9.47 Å². The average molecular weight is 419 g/mol. The molecule has 0 amide bonds. The maximum Gasteiger partial charge on any atom is 0.0758 e. The molecule has 9 atom stereocenters. The lowest BCUT2D eigenvalue weighted by atomic mass is 9.46. The molecule has 0 heterocycles. The summed E-state index contributed by atoms with van der Waals surface area (Å²) in [4.78, 5) is 0. The number of nitrogens with two attached hydrogens (primary N) is 2. The van der Waals surface area contributed by atoms with E-state index < -0.39 is 0 Å². The summed E-state index contributed by atoms with van der Waals surface area (Å²) in [5.74, 6) is 2.76. The van der Waals surface area contributed by atoms with Crippen molar-refractivity contribution in [3.8, 4) is 0 Å². The predicted molar refractivity (Wildman–Crippen MR) is 123 cm³/mol. The van der Waals surface area contributed by atoms with Gasteiger partial charge in [-0.15, -0.1) is 0 Å². The Morgan fingerprint density at radius 1 is 1.07 bits per heavy atom. The third-order valence-corrected chi connectivity index (χ3v) is 9.76. The van der Waals surface area contributed by atoms with E-state index in [9.17, 15) is 0 Å². The van der Waals surface area contributed by atoms with Gasteiger partial charge in [-0.25, -0.2) is 0 Å². The lowest BCUT2D eigenvalue weighted by molar-refractivity contribution is -0.133. The summed E-state index contributed by atoms with van der Waals surface area (Å²) in [6, 6.07) is 0.292. The zero-order valence-electron chi connectivity index (χ0n) is 19.9. The highest BCUT2D eigenvalue weighted by Gasteiger charge is 2.62. The van der Waals surface area contributed by atoms with Crippen molar-refractivity contribution in [3.63, 3.8) is 0 Å². The first kappa shape index (κ1) is 22.8. The lowest BCUT2D eigenvalue weighted by Gasteiger charge is -2.61. The number of ether oxygens (including phenoxy) is 2. The van der Waals surface area contributed by atoms with Crippen LogP contribution >= 0.6 is 0 Å². The van der Waals surface area contributed by atoms with E-state index in [0.29, 0.717) is 54.1 Å². The van der Waals surface area contributed by atoms with E-state index in [1.165, 1.54) is 38.5 Å². The molecular formula is C26H46N2O2. The van der Waals surface area contributed by atoms with Crippen molar-refractivity contribution >= 4 is 0 Å².